The van der Waals surface area contributed by atoms with Gasteiger partial charge in [-0.15, -0.1) is 0 Å². The van der Waals surface area contributed by atoms with E-state index in [1.54, 1.807) is 24.1 Å². The van der Waals surface area contributed by atoms with Gasteiger partial charge in [0.05, 0.1) is 31.0 Å². The molecule has 3 aromatic rings. The molecule has 220 valence electrons. The molecular weight excluding hydrogens is 520 g/mol. The van der Waals surface area contributed by atoms with Gasteiger partial charge in [0.2, 0.25) is 0 Å². The highest BCUT2D eigenvalue weighted by molar-refractivity contribution is 6.46. The Morgan fingerprint density at radius 2 is 1.83 bits per heavy atom. The third-order valence-electron chi connectivity index (χ3n) is 7.87. The summed E-state index contributed by atoms with van der Waals surface area (Å²) in [6.07, 6.45) is 4.47. The van der Waals surface area contributed by atoms with E-state index >= 15 is 0 Å². The van der Waals surface area contributed by atoms with E-state index in [1.165, 1.54) is 0 Å². The molecule has 1 fully saturated rings. The van der Waals surface area contributed by atoms with Crippen molar-refractivity contribution >= 4 is 23.1 Å². The van der Waals surface area contributed by atoms with Crippen LogP contribution in [-0.4, -0.2) is 75.9 Å². The fourth-order valence-corrected chi connectivity index (χ4v) is 5.44. The highest BCUT2D eigenvalue weighted by atomic mass is 16.5. The van der Waals surface area contributed by atoms with Crippen molar-refractivity contribution in [3.63, 3.8) is 0 Å². The van der Waals surface area contributed by atoms with Gasteiger partial charge in [-0.1, -0.05) is 39.3 Å². The number of fused-ring (bicyclic) bond motifs is 1. The third-order valence-corrected chi connectivity index (χ3v) is 7.87. The number of imidazole rings is 1. The summed E-state index contributed by atoms with van der Waals surface area (Å²) in [5.74, 6) is -0.522. The molecule has 3 heterocycles. The Morgan fingerprint density at radius 3 is 2.49 bits per heavy atom. The normalized spacial score (nSPS) is 16.8. The quantitative estimate of drug-likeness (QED) is 0.131. The Bertz CT molecular complexity index is 1440. The highest BCUT2D eigenvalue weighted by Crippen LogP contribution is 2.42. The Morgan fingerprint density at radius 1 is 1.07 bits per heavy atom. The van der Waals surface area contributed by atoms with Gasteiger partial charge in [-0.25, -0.2) is 4.98 Å². The zero-order valence-corrected chi connectivity index (χ0v) is 25.1. The number of pyridine rings is 1. The fourth-order valence-electron chi connectivity index (χ4n) is 5.44. The second kappa shape index (κ2) is 13.2. The first kappa shape index (κ1) is 30.1. The van der Waals surface area contributed by atoms with Crippen molar-refractivity contribution in [2.75, 3.05) is 39.9 Å². The maximum atomic E-state index is 13.6. The van der Waals surface area contributed by atoms with Crippen molar-refractivity contribution in [2.24, 2.45) is 0 Å². The summed E-state index contributed by atoms with van der Waals surface area (Å²) in [7, 11) is 1.56. The molecule has 1 amide bonds. The Balaban J connectivity index is 1.82. The molecule has 1 unspecified atom stereocenters. The first-order chi connectivity index (χ1) is 19.8. The van der Waals surface area contributed by atoms with E-state index in [-0.39, 0.29) is 17.0 Å². The maximum Gasteiger partial charge on any atom is 0.295 e. The number of benzene rings is 1. The van der Waals surface area contributed by atoms with Gasteiger partial charge in [0, 0.05) is 12.7 Å². The molecule has 41 heavy (non-hydrogen) atoms. The van der Waals surface area contributed by atoms with Gasteiger partial charge in [-0.2, -0.15) is 0 Å². The summed E-state index contributed by atoms with van der Waals surface area (Å²) in [5.41, 5.74) is 3.29. The van der Waals surface area contributed by atoms with Gasteiger partial charge in [-0.05, 0) is 75.6 Å². The maximum absolute atomic E-state index is 13.6. The van der Waals surface area contributed by atoms with Crippen LogP contribution in [0.3, 0.4) is 0 Å². The number of aryl methyl sites for hydroxylation is 2. The third kappa shape index (κ3) is 5.95. The number of aliphatic hydroxyl groups is 1. The number of Topliss-reactive ketones (excluding diaryl/α,β-unsaturated/α-hetero) is 1. The number of nitrogens with zero attached hydrogens (tertiary/aromatic N) is 4. The molecule has 2 aromatic heterocycles. The summed E-state index contributed by atoms with van der Waals surface area (Å²) in [6.45, 7) is 13.6. The summed E-state index contributed by atoms with van der Waals surface area (Å²) in [5, 5.41) is 11.7. The molecule has 1 N–H and O–H groups in total. The lowest BCUT2D eigenvalue weighted by Gasteiger charge is -2.27. The summed E-state index contributed by atoms with van der Waals surface area (Å²) < 4.78 is 13.4. The Kier molecular flexibility index (Phi) is 9.70. The van der Waals surface area contributed by atoms with Crippen LogP contribution in [0.4, 0.5) is 0 Å². The number of hydrogen-bond donors (Lipinski definition) is 1. The molecule has 0 spiro atoms. The monoisotopic (exact) mass is 562 g/mol. The number of rotatable bonds is 13. The smallest absolute Gasteiger partial charge is 0.295 e. The lowest BCUT2D eigenvalue weighted by molar-refractivity contribution is -0.140. The number of aliphatic hydroxyl groups excluding tert-OH is 1. The molecule has 1 atom stereocenters. The zero-order chi connectivity index (χ0) is 29.7. The first-order valence-corrected chi connectivity index (χ1v) is 14.5. The number of aromatic nitrogens is 2. The molecular formula is C32H42N4O5. The van der Waals surface area contributed by atoms with Crippen LogP contribution in [0.2, 0.25) is 0 Å². The average molecular weight is 563 g/mol. The van der Waals surface area contributed by atoms with Crippen LogP contribution in [0.15, 0.2) is 42.1 Å². The Hall–Kier alpha value is -3.85. The van der Waals surface area contributed by atoms with E-state index in [1.807, 2.05) is 42.6 Å². The lowest BCUT2D eigenvalue weighted by atomic mass is 9.96. The van der Waals surface area contributed by atoms with E-state index in [0.29, 0.717) is 48.0 Å². The predicted octanol–water partition coefficient (Wildman–Crippen LogP) is 5.29. The van der Waals surface area contributed by atoms with Crippen molar-refractivity contribution in [3.05, 3.63) is 64.6 Å². The lowest BCUT2D eigenvalue weighted by Crippen LogP contribution is -2.33. The second-order valence-corrected chi connectivity index (χ2v) is 10.4. The molecule has 1 saturated heterocycles. The molecule has 0 radical (unpaired) electrons. The topological polar surface area (TPSA) is 96.6 Å². The van der Waals surface area contributed by atoms with Crippen LogP contribution in [0, 0.1) is 13.8 Å². The van der Waals surface area contributed by atoms with Crippen LogP contribution in [0.25, 0.3) is 11.4 Å². The molecule has 0 aliphatic carbocycles. The van der Waals surface area contributed by atoms with Gasteiger partial charge in [0.25, 0.3) is 11.7 Å². The number of carbonyl (C=O) groups is 2. The summed E-state index contributed by atoms with van der Waals surface area (Å²) >= 11 is 0. The average Bonchev–Trinajstić information content (AvgIpc) is 3.45. The minimum Gasteiger partial charge on any atom is -0.505 e. The van der Waals surface area contributed by atoms with Gasteiger partial charge in [0.1, 0.15) is 11.3 Å². The second-order valence-electron chi connectivity index (χ2n) is 10.4. The van der Waals surface area contributed by atoms with Crippen LogP contribution in [-0.2, 0) is 9.59 Å². The van der Waals surface area contributed by atoms with E-state index in [0.717, 1.165) is 38.0 Å². The van der Waals surface area contributed by atoms with Gasteiger partial charge < -0.3 is 28.8 Å². The number of unbranched alkanes of at least 4 members (excludes halogenated alkanes) is 1. The summed E-state index contributed by atoms with van der Waals surface area (Å²) in [4.78, 5) is 35.6. The van der Waals surface area contributed by atoms with Gasteiger partial charge in [0.15, 0.2) is 17.3 Å². The van der Waals surface area contributed by atoms with E-state index in [4.69, 9.17) is 9.47 Å². The number of ketones is 1. The largest absolute Gasteiger partial charge is 0.505 e. The molecule has 9 nitrogen and oxygen atoms in total. The number of hydrogen-bond acceptors (Lipinski definition) is 7. The standard InChI is InChI=1S/C32H42N4O5/c1-7-10-19-41-24-15-14-23(20-25(24)40-6)28-26(30(38)32(39)36(28)18-12-16-34(8-2)9-3)29(37)27-22(5)35-17-11-13-21(4)31(35)33-27/h11,13-15,17,20,28,37H,7-10,12,16,18-19H2,1-6H3/b29-26+. The van der Waals surface area contributed by atoms with Crippen LogP contribution >= 0.6 is 0 Å². The fraction of sp³-hybridized carbons (Fsp3) is 0.469. The zero-order valence-electron chi connectivity index (χ0n) is 25.1. The molecule has 1 aromatic carbocycles. The number of amides is 1. The molecule has 0 saturated carbocycles. The van der Waals surface area contributed by atoms with Crippen LogP contribution in [0.1, 0.15) is 68.6 Å². The van der Waals surface area contributed by atoms with Crippen molar-refractivity contribution in [3.8, 4) is 11.5 Å². The molecule has 1 aliphatic heterocycles. The molecule has 9 heteroatoms. The predicted molar refractivity (Wildman–Crippen MR) is 159 cm³/mol. The van der Waals surface area contributed by atoms with Crippen LogP contribution < -0.4 is 9.47 Å². The summed E-state index contributed by atoms with van der Waals surface area (Å²) in [6, 6.07) is 8.49. The minimum atomic E-state index is -0.796. The first-order valence-electron chi connectivity index (χ1n) is 14.5. The number of ether oxygens (including phenoxy) is 2. The Labute approximate surface area is 242 Å². The van der Waals surface area contributed by atoms with Crippen molar-refractivity contribution in [2.45, 2.75) is 59.9 Å². The van der Waals surface area contributed by atoms with Crippen LogP contribution in [0.5, 0.6) is 11.5 Å². The number of carbonyl (C=O) groups excluding carboxylic acids is 2. The van der Waals surface area contributed by atoms with E-state index < -0.39 is 17.7 Å². The van der Waals surface area contributed by atoms with Gasteiger partial charge >= 0.3 is 0 Å². The van der Waals surface area contributed by atoms with Gasteiger partial charge in [-0.3, -0.25) is 9.59 Å². The van der Waals surface area contributed by atoms with E-state index in [9.17, 15) is 14.7 Å². The van der Waals surface area contributed by atoms with Crippen molar-refractivity contribution < 1.29 is 24.2 Å². The molecule has 4 rings (SSSR count). The SMILES string of the molecule is CCCCOc1ccc(C2/C(=C(\O)c3nc4c(C)cccn4c3C)C(=O)C(=O)N2CCCN(CC)CC)cc1OC. The number of likely N-dealkylation sites (tertiary alicyclic amines) is 1. The molecule has 1 aliphatic rings. The van der Waals surface area contributed by atoms with Crippen molar-refractivity contribution in [1.82, 2.24) is 19.2 Å². The highest BCUT2D eigenvalue weighted by Gasteiger charge is 2.46. The number of methoxy groups -OCH3 is 1. The minimum absolute atomic E-state index is 0.0312. The molecule has 0 bridgehead atoms. The van der Waals surface area contributed by atoms with E-state index in [2.05, 4.69) is 30.7 Å². The van der Waals surface area contributed by atoms with Crippen molar-refractivity contribution in [1.29, 1.82) is 0 Å².